The Bertz CT molecular complexity index is 951. The maximum absolute atomic E-state index is 9.37. The molecule has 0 spiro atoms. The minimum Gasteiger partial charge on any atom is -0.365 e. The molecule has 3 aromatic rings. The van der Waals surface area contributed by atoms with Crippen molar-refractivity contribution < 1.29 is 0 Å². The molecule has 0 saturated carbocycles. The molecule has 1 heterocycles. The number of aromatic nitrogens is 2. The summed E-state index contributed by atoms with van der Waals surface area (Å²) in [5, 5.41) is 19.0. The van der Waals surface area contributed by atoms with Gasteiger partial charge < -0.3 is 5.32 Å². The lowest BCUT2D eigenvalue weighted by molar-refractivity contribution is 0.690. The second kappa shape index (κ2) is 8.20. The van der Waals surface area contributed by atoms with Gasteiger partial charge in [0.1, 0.15) is 17.5 Å². The first-order chi connectivity index (χ1) is 12.5. The van der Waals surface area contributed by atoms with E-state index in [-0.39, 0.29) is 0 Å². The monoisotopic (exact) mass is 424 g/mol. The molecule has 0 atom stereocenters. The highest BCUT2D eigenvalue weighted by Gasteiger charge is 2.15. The molecule has 2 aromatic carbocycles. The van der Waals surface area contributed by atoms with Gasteiger partial charge in [0.2, 0.25) is 0 Å². The van der Waals surface area contributed by atoms with E-state index in [1.54, 1.807) is 41.1 Å². The molecule has 0 fully saturated rings. The van der Waals surface area contributed by atoms with E-state index in [0.717, 1.165) is 11.1 Å². The maximum atomic E-state index is 9.37. The van der Waals surface area contributed by atoms with Crippen LogP contribution in [0.25, 0.3) is 0 Å². The molecule has 0 saturated heterocycles. The predicted octanol–water partition coefficient (Wildman–Crippen LogP) is 6.03. The van der Waals surface area contributed by atoms with Crippen LogP contribution in [0.15, 0.2) is 42.6 Å². The van der Waals surface area contributed by atoms with Crippen LogP contribution in [0.2, 0.25) is 20.1 Å². The minimum atomic E-state index is 0.318. The number of halogens is 4. The number of benzene rings is 2. The van der Waals surface area contributed by atoms with E-state index < -0.39 is 0 Å². The van der Waals surface area contributed by atoms with Crippen molar-refractivity contribution in [3.63, 3.8) is 0 Å². The van der Waals surface area contributed by atoms with Gasteiger partial charge in [-0.2, -0.15) is 10.4 Å². The summed E-state index contributed by atoms with van der Waals surface area (Å²) in [6.45, 7) is 0.661. The molecular formula is C18H12Cl4N4. The first-order valence-corrected chi connectivity index (χ1v) is 9.08. The van der Waals surface area contributed by atoms with Crippen LogP contribution in [0.3, 0.4) is 0 Å². The van der Waals surface area contributed by atoms with Crippen LogP contribution >= 0.6 is 46.4 Å². The van der Waals surface area contributed by atoms with Crippen molar-refractivity contribution in [3.8, 4) is 6.07 Å². The van der Waals surface area contributed by atoms with Crippen LogP contribution in [-0.2, 0) is 13.1 Å². The van der Waals surface area contributed by atoms with Crippen LogP contribution in [0.4, 0.5) is 5.82 Å². The van der Waals surface area contributed by atoms with E-state index in [9.17, 15) is 5.26 Å². The molecule has 0 bridgehead atoms. The standard InChI is InChI=1S/C18H12Cl4N4/c19-14-3-1-4-15(20)12(14)9-24-18-11(7-23)8-25-26(18)10-13-16(21)5-2-6-17(13)22/h1-6,8,24H,9-10H2. The Kier molecular flexibility index (Phi) is 5.95. The molecule has 0 aliphatic rings. The number of nitriles is 1. The lowest BCUT2D eigenvalue weighted by Gasteiger charge is -2.14. The summed E-state index contributed by atoms with van der Waals surface area (Å²) in [4.78, 5) is 0. The Morgan fingerprint density at radius 3 is 2.00 bits per heavy atom. The molecule has 0 unspecified atom stereocenters. The Hall–Kier alpha value is -1.90. The second-order valence-corrected chi connectivity index (χ2v) is 7.06. The number of hydrogen-bond donors (Lipinski definition) is 1. The predicted molar refractivity (Wildman–Crippen MR) is 106 cm³/mol. The molecule has 132 valence electrons. The topological polar surface area (TPSA) is 53.6 Å². The average Bonchev–Trinajstić information content (AvgIpc) is 2.99. The molecule has 0 aliphatic carbocycles. The van der Waals surface area contributed by atoms with Gasteiger partial charge in [-0.3, -0.25) is 0 Å². The fraction of sp³-hybridized carbons (Fsp3) is 0.111. The third-order valence-electron chi connectivity index (χ3n) is 3.82. The van der Waals surface area contributed by atoms with Gasteiger partial charge in [-0.25, -0.2) is 4.68 Å². The number of nitrogens with zero attached hydrogens (tertiary/aromatic N) is 3. The lowest BCUT2D eigenvalue weighted by Crippen LogP contribution is -2.11. The summed E-state index contributed by atoms with van der Waals surface area (Å²) in [7, 11) is 0. The fourth-order valence-electron chi connectivity index (χ4n) is 2.48. The Morgan fingerprint density at radius 2 is 1.46 bits per heavy atom. The Labute approximate surface area is 170 Å². The van der Waals surface area contributed by atoms with Gasteiger partial charge in [0.15, 0.2) is 0 Å². The van der Waals surface area contributed by atoms with Gasteiger partial charge in [-0.1, -0.05) is 58.5 Å². The summed E-state index contributed by atoms with van der Waals surface area (Å²) in [6, 6.07) is 12.7. The normalized spacial score (nSPS) is 10.6. The highest BCUT2D eigenvalue weighted by molar-refractivity contribution is 6.36. The Balaban J connectivity index is 1.90. The van der Waals surface area contributed by atoms with E-state index in [1.807, 2.05) is 0 Å². The van der Waals surface area contributed by atoms with Crippen molar-refractivity contribution in [2.75, 3.05) is 5.32 Å². The van der Waals surface area contributed by atoms with Crippen LogP contribution < -0.4 is 5.32 Å². The molecule has 1 aromatic heterocycles. The van der Waals surface area contributed by atoms with Gasteiger partial charge in [0, 0.05) is 37.8 Å². The summed E-state index contributed by atoms with van der Waals surface area (Å²) in [5.74, 6) is 0.541. The van der Waals surface area contributed by atoms with Gasteiger partial charge in [0.05, 0.1) is 12.7 Å². The van der Waals surface area contributed by atoms with E-state index >= 15 is 0 Å². The van der Waals surface area contributed by atoms with Crippen LogP contribution in [0, 0.1) is 11.3 Å². The highest BCUT2D eigenvalue weighted by Crippen LogP contribution is 2.28. The first kappa shape index (κ1) is 18.9. The average molecular weight is 426 g/mol. The molecule has 1 N–H and O–H groups in total. The summed E-state index contributed by atoms with van der Waals surface area (Å²) in [5.41, 5.74) is 1.86. The number of hydrogen-bond acceptors (Lipinski definition) is 3. The third-order valence-corrected chi connectivity index (χ3v) is 5.24. The van der Waals surface area contributed by atoms with Gasteiger partial charge in [-0.15, -0.1) is 0 Å². The second-order valence-electron chi connectivity index (χ2n) is 5.43. The summed E-state index contributed by atoms with van der Waals surface area (Å²) >= 11 is 24.9. The minimum absolute atomic E-state index is 0.318. The van der Waals surface area contributed by atoms with Crippen LogP contribution in [-0.4, -0.2) is 9.78 Å². The quantitative estimate of drug-likeness (QED) is 0.542. The van der Waals surface area contributed by atoms with Crippen molar-refractivity contribution in [2.24, 2.45) is 0 Å². The van der Waals surface area contributed by atoms with Crippen LogP contribution in [0.5, 0.6) is 0 Å². The molecule has 26 heavy (non-hydrogen) atoms. The molecule has 0 radical (unpaired) electrons. The van der Waals surface area contributed by atoms with Gasteiger partial charge in [0.25, 0.3) is 0 Å². The summed E-state index contributed by atoms with van der Waals surface area (Å²) < 4.78 is 1.64. The van der Waals surface area contributed by atoms with Crippen molar-refractivity contribution in [2.45, 2.75) is 13.1 Å². The lowest BCUT2D eigenvalue weighted by atomic mass is 10.2. The van der Waals surface area contributed by atoms with E-state index in [4.69, 9.17) is 46.4 Å². The van der Waals surface area contributed by atoms with Crippen molar-refractivity contribution in [3.05, 3.63) is 79.4 Å². The fourth-order valence-corrected chi connectivity index (χ4v) is 3.53. The van der Waals surface area contributed by atoms with E-state index in [2.05, 4.69) is 16.5 Å². The van der Waals surface area contributed by atoms with Gasteiger partial charge in [-0.05, 0) is 24.3 Å². The number of nitrogens with one attached hydrogen (secondary N) is 1. The molecule has 8 heteroatoms. The van der Waals surface area contributed by atoms with Crippen molar-refractivity contribution in [1.82, 2.24) is 9.78 Å². The molecule has 4 nitrogen and oxygen atoms in total. The van der Waals surface area contributed by atoms with E-state index in [0.29, 0.717) is 44.6 Å². The highest BCUT2D eigenvalue weighted by atomic mass is 35.5. The molecule has 0 amide bonds. The first-order valence-electron chi connectivity index (χ1n) is 7.56. The smallest absolute Gasteiger partial charge is 0.142 e. The zero-order chi connectivity index (χ0) is 18.7. The maximum Gasteiger partial charge on any atom is 0.142 e. The number of rotatable bonds is 5. The SMILES string of the molecule is N#Cc1cnn(Cc2c(Cl)cccc2Cl)c1NCc1c(Cl)cccc1Cl. The van der Waals surface area contributed by atoms with Gasteiger partial charge >= 0.3 is 0 Å². The number of anilines is 1. The van der Waals surface area contributed by atoms with Crippen LogP contribution in [0.1, 0.15) is 16.7 Å². The van der Waals surface area contributed by atoms with Crippen molar-refractivity contribution in [1.29, 1.82) is 5.26 Å². The zero-order valence-electron chi connectivity index (χ0n) is 13.3. The molecule has 0 aliphatic heterocycles. The van der Waals surface area contributed by atoms with E-state index in [1.165, 1.54) is 6.20 Å². The summed E-state index contributed by atoms with van der Waals surface area (Å²) in [6.07, 6.45) is 1.49. The molecule has 3 rings (SSSR count). The zero-order valence-corrected chi connectivity index (χ0v) is 16.3. The largest absolute Gasteiger partial charge is 0.365 e. The third kappa shape index (κ3) is 3.92. The van der Waals surface area contributed by atoms with Crippen molar-refractivity contribution >= 4 is 52.2 Å². The Morgan fingerprint density at radius 1 is 0.923 bits per heavy atom. The molecular weight excluding hydrogens is 414 g/mol.